The molecular formula is C28H29GeN. The number of pyridine rings is 1. The maximum absolute atomic E-state index is 4.93. The second kappa shape index (κ2) is 6.55. The van der Waals surface area contributed by atoms with Gasteiger partial charge in [-0.3, -0.25) is 0 Å². The molecule has 0 saturated heterocycles. The summed E-state index contributed by atoms with van der Waals surface area (Å²) >= 11 is -1.90. The molecule has 1 nitrogen and oxygen atoms in total. The second-order valence-corrected chi connectivity index (χ2v) is 20.9. The van der Waals surface area contributed by atoms with E-state index in [0.717, 1.165) is 5.69 Å². The Labute approximate surface area is 182 Å². The number of nitrogens with zero attached hydrogens (tertiary/aromatic N) is 1. The zero-order valence-electron chi connectivity index (χ0n) is 18.8. The molecule has 0 saturated carbocycles. The second-order valence-electron chi connectivity index (χ2n) is 10.2. The van der Waals surface area contributed by atoms with Crippen LogP contribution in [0.3, 0.4) is 0 Å². The Morgan fingerprint density at radius 1 is 0.833 bits per heavy atom. The van der Waals surface area contributed by atoms with Gasteiger partial charge in [-0.05, 0) is 0 Å². The van der Waals surface area contributed by atoms with Gasteiger partial charge in [-0.15, -0.1) is 0 Å². The van der Waals surface area contributed by atoms with E-state index in [0.29, 0.717) is 0 Å². The van der Waals surface area contributed by atoms with Crippen LogP contribution in [-0.2, 0) is 5.41 Å². The molecule has 30 heavy (non-hydrogen) atoms. The van der Waals surface area contributed by atoms with Crippen molar-refractivity contribution in [2.45, 2.75) is 43.5 Å². The van der Waals surface area contributed by atoms with Crippen LogP contribution in [0.1, 0.15) is 30.5 Å². The quantitative estimate of drug-likeness (QED) is 0.297. The molecule has 1 aromatic heterocycles. The molecule has 0 spiro atoms. The summed E-state index contributed by atoms with van der Waals surface area (Å²) in [4.78, 5) is 4.93. The standard InChI is InChI=1S/C28H29GeN/c1-18-15-20(16-19-9-7-8-10-22(18)19)27-26-24(13-14-30-27)23-12-11-21(29(4,5)6)17-25(23)28(26,2)3/h7-17H,1-6H3. The van der Waals surface area contributed by atoms with E-state index in [1.807, 2.05) is 6.20 Å². The zero-order chi connectivity index (χ0) is 21.3. The predicted molar refractivity (Wildman–Crippen MR) is 132 cm³/mol. The van der Waals surface area contributed by atoms with Crippen LogP contribution in [0.4, 0.5) is 0 Å². The summed E-state index contributed by atoms with van der Waals surface area (Å²) in [6.45, 7) is 6.95. The average Bonchev–Trinajstić information content (AvgIpc) is 2.94. The third kappa shape index (κ3) is 2.86. The van der Waals surface area contributed by atoms with Crippen LogP contribution in [-0.4, -0.2) is 18.3 Å². The molecule has 1 aliphatic carbocycles. The Hall–Kier alpha value is -2.39. The Kier molecular flexibility index (Phi) is 4.28. The SMILES string of the molecule is Cc1cc(-c2nccc3c2C(C)(C)c2c[c]([Ge]([CH3])([CH3])[CH3])ccc2-3)cc2ccccc12. The fourth-order valence-electron chi connectivity index (χ4n) is 5.07. The molecule has 2 heteroatoms. The van der Waals surface area contributed by atoms with Crippen LogP contribution in [0, 0.1) is 6.92 Å². The Morgan fingerprint density at radius 3 is 2.37 bits per heavy atom. The van der Waals surface area contributed by atoms with Crippen molar-refractivity contribution < 1.29 is 0 Å². The molecule has 1 aliphatic rings. The van der Waals surface area contributed by atoms with E-state index in [1.165, 1.54) is 44.2 Å². The van der Waals surface area contributed by atoms with Crippen molar-refractivity contribution in [3.05, 3.63) is 83.6 Å². The van der Waals surface area contributed by atoms with Crippen LogP contribution < -0.4 is 4.40 Å². The first-order valence-electron chi connectivity index (χ1n) is 10.8. The first kappa shape index (κ1) is 19.6. The van der Waals surface area contributed by atoms with E-state index >= 15 is 0 Å². The summed E-state index contributed by atoms with van der Waals surface area (Å²) in [7, 11) is 0. The van der Waals surface area contributed by atoms with Gasteiger partial charge in [-0.1, -0.05) is 0 Å². The third-order valence-electron chi connectivity index (χ3n) is 6.77. The van der Waals surface area contributed by atoms with Gasteiger partial charge in [-0.2, -0.15) is 0 Å². The minimum atomic E-state index is -1.90. The van der Waals surface area contributed by atoms with Crippen molar-refractivity contribution in [1.82, 2.24) is 4.98 Å². The van der Waals surface area contributed by atoms with Gasteiger partial charge in [0.05, 0.1) is 0 Å². The Balaban J connectivity index is 1.76. The Morgan fingerprint density at radius 2 is 1.60 bits per heavy atom. The van der Waals surface area contributed by atoms with Crippen LogP contribution in [0.15, 0.2) is 66.9 Å². The van der Waals surface area contributed by atoms with Crippen molar-refractivity contribution >= 4 is 28.4 Å². The minimum absolute atomic E-state index is 0.0582. The molecular weight excluding hydrogens is 423 g/mol. The van der Waals surface area contributed by atoms with Crippen molar-refractivity contribution in [1.29, 1.82) is 0 Å². The Bertz CT molecular complexity index is 1310. The first-order valence-corrected chi connectivity index (χ1v) is 18.2. The molecule has 0 bridgehead atoms. The van der Waals surface area contributed by atoms with Gasteiger partial charge in [-0.25, -0.2) is 0 Å². The molecule has 0 unspecified atom stereocenters. The summed E-state index contributed by atoms with van der Waals surface area (Å²) in [5.74, 6) is 7.42. The summed E-state index contributed by atoms with van der Waals surface area (Å²) < 4.78 is 1.57. The molecule has 0 aliphatic heterocycles. The number of hydrogen-bond donors (Lipinski definition) is 0. The summed E-state index contributed by atoms with van der Waals surface area (Å²) in [6.07, 6.45) is 1.99. The summed E-state index contributed by atoms with van der Waals surface area (Å²) in [6, 6.07) is 22.7. The van der Waals surface area contributed by atoms with Gasteiger partial charge in [0, 0.05) is 0 Å². The van der Waals surface area contributed by atoms with E-state index in [9.17, 15) is 0 Å². The van der Waals surface area contributed by atoms with Gasteiger partial charge >= 0.3 is 183 Å². The van der Waals surface area contributed by atoms with E-state index in [2.05, 4.69) is 98.7 Å². The number of fused-ring (bicyclic) bond motifs is 4. The number of aryl methyl sites for hydroxylation is 1. The number of hydrogen-bond acceptors (Lipinski definition) is 1. The third-order valence-corrected chi connectivity index (χ3v) is 11.1. The van der Waals surface area contributed by atoms with Gasteiger partial charge in [0.1, 0.15) is 0 Å². The summed E-state index contributed by atoms with van der Waals surface area (Å²) in [5.41, 5.74) is 9.15. The fraction of sp³-hybridized carbons (Fsp3) is 0.250. The van der Waals surface area contributed by atoms with E-state index in [-0.39, 0.29) is 5.41 Å². The number of rotatable bonds is 2. The topological polar surface area (TPSA) is 12.9 Å². The molecule has 0 amide bonds. The van der Waals surface area contributed by atoms with Gasteiger partial charge < -0.3 is 0 Å². The molecule has 4 aromatic rings. The molecule has 1 heterocycles. The van der Waals surface area contributed by atoms with Crippen molar-refractivity contribution in [2.24, 2.45) is 0 Å². The van der Waals surface area contributed by atoms with Crippen LogP contribution in [0.2, 0.25) is 17.3 Å². The summed E-state index contributed by atoms with van der Waals surface area (Å²) in [5, 5.41) is 2.60. The monoisotopic (exact) mass is 453 g/mol. The number of benzene rings is 3. The van der Waals surface area contributed by atoms with Gasteiger partial charge in [0.15, 0.2) is 0 Å². The first-order chi connectivity index (χ1) is 14.2. The van der Waals surface area contributed by atoms with Crippen molar-refractivity contribution in [3.63, 3.8) is 0 Å². The van der Waals surface area contributed by atoms with Gasteiger partial charge in [0.25, 0.3) is 0 Å². The average molecular weight is 452 g/mol. The normalized spacial score (nSPS) is 14.6. The molecule has 5 rings (SSSR count). The molecule has 0 radical (unpaired) electrons. The number of aromatic nitrogens is 1. The predicted octanol–water partition coefficient (Wildman–Crippen LogP) is 7.06. The van der Waals surface area contributed by atoms with Crippen molar-refractivity contribution in [3.8, 4) is 22.4 Å². The van der Waals surface area contributed by atoms with E-state index in [4.69, 9.17) is 4.98 Å². The van der Waals surface area contributed by atoms with E-state index in [1.54, 1.807) is 4.40 Å². The molecule has 3 aromatic carbocycles. The van der Waals surface area contributed by atoms with Crippen LogP contribution in [0.5, 0.6) is 0 Å². The molecule has 150 valence electrons. The van der Waals surface area contributed by atoms with Crippen molar-refractivity contribution in [2.75, 3.05) is 0 Å². The van der Waals surface area contributed by atoms with Crippen LogP contribution in [0.25, 0.3) is 33.2 Å². The maximum atomic E-state index is 4.93. The molecule has 0 atom stereocenters. The molecule has 0 fully saturated rings. The van der Waals surface area contributed by atoms with Gasteiger partial charge in [0.2, 0.25) is 0 Å². The van der Waals surface area contributed by atoms with Crippen LogP contribution >= 0.6 is 0 Å². The van der Waals surface area contributed by atoms with E-state index < -0.39 is 13.3 Å². The fourth-order valence-corrected chi connectivity index (χ4v) is 7.51. The molecule has 0 N–H and O–H groups in total. The zero-order valence-corrected chi connectivity index (χ0v) is 20.9.